The van der Waals surface area contributed by atoms with Gasteiger partial charge in [0, 0.05) is 43.3 Å². The summed E-state index contributed by atoms with van der Waals surface area (Å²) in [6.07, 6.45) is 0. The van der Waals surface area contributed by atoms with E-state index in [0.29, 0.717) is 10.6 Å². The van der Waals surface area contributed by atoms with Gasteiger partial charge in [0.2, 0.25) is 10.0 Å². The molecule has 0 bridgehead atoms. The number of benzene rings is 2. The highest BCUT2D eigenvalue weighted by molar-refractivity contribution is 7.88. The number of ether oxygens (including phenoxy) is 1. The minimum atomic E-state index is -3.51. The molecule has 5 nitrogen and oxygen atoms in total. The second-order valence-electron chi connectivity index (χ2n) is 6.21. The van der Waals surface area contributed by atoms with Crippen LogP contribution in [0.1, 0.15) is 5.56 Å². The van der Waals surface area contributed by atoms with Crippen molar-refractivity contribution in [1.82, 2.24) is 4.31 Å². The van der Waals surface area contributed by atoms with Gasteiger partial charge in [0.1, 0.15) is 5.82 Å². The van der Waals surface area contributed by atoms with Crippen molar-refractivity contribution in [2.75, 3.05) is 38.2 Å². The first-order valence-corrected chi connectivity index (χ1v) is 10.3. The predicted octanol–water partition coefficient (Wildman–Crippen LogP) is 3.28. The van der Waals surface area contributed by atoms with Crippen LogP contribution in [0.4, 0.5) is 14.5 Å². The Bertz CT molecular complexity index is 915. The minimum Gasteiger partial charge on any atom is -0.494 e. The molecule has 1 aliphatic heterocycles. The Kier molecular flexibility index (Phi) is 5.88. The average molecular weight is 417 g/mol. The van der Waals surface area contributed by atoms with Gasteiger partial charge < -0.3 is 9.64 Å². The summed E-state index contributed by atoms with van der Waals surface area (Å²) in [5, 5.41) is 0.540. The van der Waals surface area contributed by atoms with Crippen molar-refractivity contribution in [3.05, 3.63) is 58.6 Å². The molecular weight excluding hydrogens is 398 g/mol. The largest absolute Gasteiger partial charge is 0.494 e. The summed E-state index contributed by atoms with van der Waals surface area (Å²) in [6, 6.07) is 8.70. The van der Waals surface area contributed by atoms with Gasteiger partial charge in [-0.1, -0.05) is 23.7 Å². The highest BCUT2D eigenvalue weighted by Crippen LogP contribution is 2.28. The Balaban J connectivity index is 1.68. The van der Waals surface area contributed by atoms with E-state index in [1.807, 2.05) is 0 Å². The van der Waals surface area contributed by atoms with Crippen molar-refractivity contribution >= 4 is 27.3 Å². The zero-order valence-corrected chi connectivity index (χ0v) is 16.2. The van der Waals surface area contributed by atoms with Gasteiger partial charge in [-0.2, -0.15) is 4.31 Å². The lowest BCUT2D eigenvalue weighted by Gasteiger charge is -2.35. The number of hydrogen-bond donors (Lipinski definition) is 0. The summed E-state index contributed by atoms with van der Waals surface area (Å²) in [7, 11) is -2.24. The van der Waals surface area contributed by atoms with Gasteiger partial charge in [0.25, 0.3) is 0 Å². The molecule has 0 atom stereocenters. The summed E-state index contributed by atoms with van der Waals surface area (Å²) < 4.78 is 59.5. The quantitative estimate of drug-likeness (QED) is 0.750. The third-order valence-corrected chi connectivity index (χ3v) is 6.56. The van der Waals surface area contributed by atoms with Crippen molar-refractivity contribution in [3.63, 3.8) is 0 Å². The van der Waals surface area contributed by atoms with E-state index in [2.05, 4.69) is 0 Å². The smallest absolute Gasteiger partial charge is 0.218 e. The normalized spacial score (nSPS) is 15.8. The highest BCUT2D eigenvalue weighted by atomic mass is 35.5. The van der Waals surface area contributed by atoms with E-state index in [-0.39, 0.29) is 43.4 Å². The van der Waals surface area contributed by atoms with Crippen molar-refractivity contribution in [1.29, 1.82) is 0 Å². The van der Waals surface area contributed by atoms with Crippen molar-refractivity contribution < 1.29 is 21.9 Å². The average Bonchev–Trinajstić information content (AvgIpc) is 2.65. The predicted molar refractivity (Wildman–Crippen MR) is 101 cm³/mol. The second-order valence-corrected chi connectivity index (χ2v) is 8.61. The maximum atomic E-state index is 14.2. The molecule has 0 N–H and O–H groups in total. The fourth-order valence-corrected chi connectivity index (χ4v) is 4.65. The van der Waals surface area contributed by atoms with Gasteiger partial charge in [0.15, 0.2) is 11.6 Å². The monoisotopic (exact) mass is 416 g/mol. The van der Waals surface area contributed by atoms with Crippen LogP contribution in [0.15, 0.2) is 36.4 Å². The Labute approximate surface area is 162 Å². The number of hydrogen-bond acceptors (Lipinski definition) is 4. The Hall–Kier alpha value is -1.90. The van der Waals surface area contributed by atoms with E-state index < -0.39 is 21.7 Å². The number of piperazine rings is 1. The maximum Gasteiger partial charge on any atom is 0.218 e. The van der Waals surface area contributed by atoms with Crippen LogP contribution in [0.25, 0.3) is 0 Å². The van der Waals surface area contributed by atoms with Crippen LogP contribution in [0.5, 0.6) is 5.75 Å². The summed E-state index contributed by atoms with van der Waals surface area (Å²) in [5.74, 6) is -1.56. The van der Waals surface area contributed by atoms with Crippen LogP contribution in [0, 0.1) is 11.6 Å². The van der Waals surface area contributed by atoms with Crippen molar-refractivity contribution in [2.45, 2.75) is 5.75 Å². The molecule has 1 heterocycles. The first-order valence-electron chi connectivity index (χ1n) is 8.30. The molecule has 0 unspecified atom stereocenters. The van der Waals surface area contributed by atoms with Gasteiger partial charge >= 0.3 is 0 Å². The molecule has 146 valence electrons. The van der Waals surface area contributed by atoms with Crippen LogP contribution >= 0.6 is 11.6 Å². The number of nitrogens with zero attached hydrogens (tertiary/aromatic N) is 2. The van der Waals surface area contributed by atoms with Gasteiger partial charge in [0.05, 0.1) is 18.6 Å². The van der Waals surface area contributed by atoms with Crippen LogP contribution in [-0.4, -0.2) is 46.0 Å². The zero-order valence-electron chi connectivity index (χ0n) is 14.7. The molecular formula is C18H19ClF2N2O3S. The van der Waals surface area contributed by atoms with E-state index >= 15 is 0 Å². The lowest BCUT2D eigenvalue weighted by molar-refractivity contribution is 0.376. The first-order chi connectivity index (χ1) is 12.8. The number of rotatable bonds is 5. The fraction of sp³-hybridized carbons (Fsp3) is 0.333. The van der Waals surface area contributed by atoms with E-state index in [4.69, 9.17) is 16.3 Å². The standard InChI is InChI=1S/C18H19ClF2N2O3S/c1-26-18-11-15(20)17(10-16(18)21)22-6-8-23(9-7-22)27(24,25)12-13-2-4-14(19)5-3-13/h2-5,10-11H,6-9,12H2,1H3. The SMILES string of the molecule is COc1cc(F)c(N2CCN(S(=O)(=O)Cc3ccc(Cl)cc3)CC2)cc1F. The molecule has 3 rings (SSSR count). The summed E-state index contributed by atoms with van der Waals surface area (Å²) in [4.78, 5) is 1.63. The van der Waals surface area contributed by atoms with E-state index in [9.17, 15) is 17.2 Å². The van der Waals surface area contributed by atoms with Gasteiger partial charge in [-0.25, -0.2) is 17.2 Å². The summed E-state index contributed by atoms with van der Waals surface area (Å²) >= 11 is 5.82. The molecule has 1 aliphatic rings. The van der Waals surface area contributed by atoms with Gasteiger partial charge in [-0.05, 0) is 17.7 Å². The number of anilines is 1. The molecule has 0 aliphatic carbocycles. The van der Waals surface area contributed by atoms with E-state index in [1.165, 1.54) is 11.4 Å². The van der Waals surface area contributed by atoms with Crippen molar-refractivity contribution in [2.24, 2.45) is 0 Å². The van der Waals surface area contributed by atoms with Gasteiger partial charge in [-0.3, -0.25) is 0 Å². The molecule has 27 heavy (non-hydrogen) atoms. The van der Waals surface area contributed by atoms with E-state index in [0.717, 1.165) is 12.1 Å². The zero-order chi connectivity index (χ0) is 19.6. The minimum absolute atomic E-state index is 0.100. The fourth-order valence-electron chi connectivity index (χ4n) is 3.01. The molecule has 0 saturated carbocycles. The molecule has 9 heteroatoms. The molecule has 0 radical (unpaired) electrons. The molecule has 1 fully saturated rings. The Morgan fingerprint density at radius 3 is 2.26 bits per heavy atom. The molecule has 2 aromatic rings. The second kappa shape index (κ2) is 8.00. The molecule has 0 spiro atoms. The third-order valence-electron chi connectivity index (χ3n) is 4.46. The molecule has 0 aromatic heterocycles. The highest BCUT2D eigenvalue weighted by Gasteiger charge is 2.28. The number of halogens is 3. The molecule has 2 aromatic carbocycles. The summed E-state index contributed by atoms with van der Waals surface area (Å²) in [5.41, 5.74) is 0.744. The maximum absolute atomic E-state index is 14.2. The lowest BCUT2D eigenvalue weighted by Crippen LogP contribution is -2.49. The van der Waals surface area contributed by atoms with Crippen LogP contribution < -0.4 is 9.64 Å². The number of sulfonamides is 1. The van der Waals surface area contributed by atoms with Gasteiger partial charge in [-0.15, -0.1) is 0 Å². The summed E-state index contributed by atoms with van der Waals surface area (Å²) in [6.45, 7) is 0.928. The lowest BCUT2D eigenvalue weighted by atomic mass is 10.2. The van der Waals surface area contributed by atoms with E-state index in [1.54, 1.807) is 29.2 Å². The Morgan fingerprint density at radius 1 is 1.04 bits per heavy atom. The van der Waals surface area contributed by atoms with Crippen molar-refractivity contribution in [3.8, 4) is 5.75 Å². The molecule has 1 saturated heterocycles. The van der Waals surface area contributed by atoms with Crippen LogP contribution in [-0.2, 0) is 15.8 Å². The van der Waals surface area contributed by atoms with Crippen LogP contribution in [0.2, 0.25) is 5.02 Å². The molecule has 0 amide bonds. The first kappa shape index (κ1) is 19.9. The topological polar surface area (TPSA) is 49.9 Å². The van der Waals surface area contributed by atoms with Crippen LogP contribution in [0.3, 0.4) is 0 Å². The Morgan fingerprint density at radius 2 is 1.67 bits per heavy atom. The number of methoxy groups -OCH3 is 1. The third kappa shape index (κ3) is 4.51.